The summed E-state index contributed by atoms with van der Waals surface area (Å²) in [6.07, 6.45) is 5.70. The zero-order valence-electron chi connectivity index (χ0n) is 9.71. The molecule has 2 aromatic rings. The van der Waals surface area contributed by atoms with E-state index in [1.54, 1.807) is 24.2 Å². The Morgan fingerprint density at radius 3 is 2.59 bits per heavy atom. The predicted molar refractivity (Wildman–Crippen MR) is 71.1 cm³/mol. The fraction of sp³-hybridized carbons (Fsp3) is 0.214. The van der Waals surface area contributed by atoms with E-state index >= 15 is 0 Å². The van der Waals surface area contributed by atoms with Crippen molar-refractivity contribution in [2.75, 3.05) is 6.26 Å². The second-order valence-electron chi connectivity index (χ2n) is 3.82. The van der Waals surface area contributed by atoms with Gasteiger partial charge in [-0.05, 0) is 35.6 Å². The summed E-state index contributed by atoms with van der Waals surface area (Å²) < 4.78 is 0. The van der Waals surface area contributed by atoms with Gasteiger partial charge in [0.1, 0.15) is 0 Å². The minimum atomic E-state index is -0.457. The summed E-state index contributed by atoms with van der Waals surface area (Å²) in [5.41, 5.74) is 2.10. The molecule has 17 heavy (non-hydrogen) atoms. The maximum atomic E-state index is 10.3. The van der Waals surface area contributed by atoms with Gasteiger partial charge in [-0.15, -0.1) is 11.8 Å². The van der Waals surface area contributed by atoms with E-state index in [4.69, 9.17) is 0 Å². The molecule has 1 N–H and O–H groups in total. The molecule has 1 aromatic carbocycles. The van der Waals surface area contributed by atoms with Gasteiger partial charge in [0.15, 0.2) is 0 Å². The first-order valence-electron chi connectivity index (χ1n) is 5.51. The zero-order chi connectivity index (χ0) is 12.1. The minimum Gasteiger partial charge on any atom is -0.388 e. The monoisotopic (exact) mass is 245 g/mol. The molecule has 0 spiro atoms. The quantitative estimate of drug-likeness (QED) is 0.840. The van der Waals surface area contributed by atoms with Gasteiger partial charge in [0, 0.05) is 23.7 Å². The lowest BCUT2D eigenvalue weighted by molar-refractivity contribution is 0.175. The number of hydrogen-bond donors (Lipinski definition) is 1. The highest BCUT2D eigenvalue weighted by atomic mass is 32.2. The first-order chi connectivity index (χ1) is 8.31. The van der Waals surface area contributed by atoms with Crippen LogP contribution in [0.5, 0.6) is 0 Å². The lowest BCUT2D eigenvalue weighted by atomic mass is 10.0. The Kier molecular flexibility index (Phi) is 4.18. The van der Waals surface area contributed by atoms with Gasteiger partial charge in [0.2, 0.25) is 0 Å². The summed E-state index contributed by atoms with van der Waals surface area (Å²) in [5, 5.41) is 10.3. The van der Waals surface area contributed by atoms with E-state index in [-0.39, 0.29) is 0 Å². The van der Waals surface area contributed by atoms with Crippen molar-refractivity contribution in [3.63, 3.8) is 0 Å². The SMILES string of the molecule is CSc1ccccc1C(O)Cc1ccncc1. The van der Waals surface area contributed by atoms with E-state index < -0.39 is 6.10 Å². The Bertz CT molecular complexity index is 473. The first kappa shape index (κ1) is 12.1. The molecule has 0 aliphatic rings. The van der Waals surface area contributed by atoms with Gasteiger partial charge in [0.05, 0.1) is 6.10 Å². The van der Waals surface area contributed by atoms with E-state index in [0.717, 1.165) is 16.0 Å². The van der Waals surface area contributed by atoms with Crippen LogP contribution < -0.4 is 0 Å². The topological polar surface area (TPSA) is 33.1 Å². The molecular formula is C14H15NOS. The third-order valence-electron chi connectivity index (χ3n) is 2.68. The van der Waals surface area contributed by atoms with Crippen LogP contribution in [0.2, 0.25) is 0 Å². The fourth-order valence-corrected chi connectivity index (χ4v) is 2.45. The molecule has 0 bridgehead atoms. The van der Waals surface area contributed by atoms with Crippen molar-refractivity contribution in [2.45, 2.75) is 17.4 Å². The number of benzene rings is 1. The van der Waals surface area contributed by atoms with Gasteiger partial charge in [0.25, 0.3) is 0 Å². The molecule has 0 aliphatic heterocycles. The van der Waals surface area contributed by atoms with E-state index in [0.29, 0.717) is 6.42 Å². The van der Waals surface area contributed by atoms with Crippen LogP contribution >= 0.6 is 11.8 Å². The summed E-state index contributed by atoms with van der Waals surface area (Å²) in [6, 6.07) is 11.8. The van der Waals surface area contributed by atoms with Gasteiger partial charge in [-0.25, -0.2) is 0 Å². The van der Waals surface area contributed by atoms with Crippen LogP contribution in [0.1, 0.15) is 17.2 Å². The Labute approximate surface area is 106 Å². The van der Waals surface area contributed by atoms with Gasteiger partial charge >= 0.3 is 0 Å². The number of pyridine rings is 1. The van der Waals surface area contributed by atoms with Crippen molar-refractivity contribution >= 4 is 11.8 Å². The lowest BCUT2D eigenvalue weighted by Gasteiger charge is -2.14. The maximum Gasteiger partial charge on any atom is 0.0841 e. The molecular weight excluding hydrogens is 230 g/mol. The summed E-state index contributed by atoms with van der Waals surface area (Å²) >= 11 is 1.66. The Morgan fingerprint density at radius 2 is 1.88 bits per heavy atom. The van der Waals surface area contributed by atoms with E-state index in [2.05, 4.69) is 4.98 Å². The van der Waals surface area contributed by atoms with Crippen LogP contribution in [0.3, 0.4) is 0 Å². The standard InChI is InChI=1S/C14H15NOS/c1-17-14-5-3-2-4-12(14)13(16)10-11-6-8-15-9-7-11/h2-9,13,16H,10H2,1H3. The average Bonchev–Trinajstić information content (AvgIpc) is 2.40. The van der Waals surface area contributed by atoms with E-state index in [1.807, 2.05) is 42.7 Å². The van der Waals surface area contributed by atoms with Crippen molar-refractivity contribution in [3.05, 3.63) is 59.9 Å². The minimum absolute atomic E-state index is 0.457. The number of hydrogen-bond acceptors (Lipinski definition) is 3. The molecule has 88 valence electrons. The van der Waals surface area contributed by atoms with Crippen molar-refractivity contribution in [1.29, 1.82) is 0 Å². The molecule has 0 aliphatic carbocycles. The summed E-state index contributed by atoms with van der Waals surface area (Å²) in [5.74, 6) is 0. The molecule has 1 atom stereocenters. The molecule has 1 aromatic heterocycles. The lowest BCUT2D eigenvalue weighted by Crippen LogP contribution is -2.03. The molecule has 0 amide bonds. The summed E-state index contributed by atoms with van der Waals surface area (Å²) in [4.78, 5) is 5.11. The molecule has 1 heterocycles. The van der Waals surface area contributed by atoms with Crippen molar-refractivity contribution in [1.82, 2.24) is 4.98 Å². The van der Waals surface area contributed by atoms with Crippen LogP contribution in [0.4, 0.5) is 0 Å². The molecule has 0 saturated heterocycles. The highest BCUT2D eigenvalue weighted by molar-refractivity contribution is 7.98. The Morgan fingerprint density at radius 1 is 1.18 bits per heavy atom. The maximum absolute atomic E-state index is 10.3. The highest BCUT2D eigenvalue weighted by Gasteiger charge is 2.11. The zero-order valence-corrected chi connectivity index (χ0v) is 10.5. The first-order valence-corrected chi connectivity index (χ1v) is 6.73. The van der Waals surface area contributed by atoms with Crippen LogP contribution in [-0.4, -0.2) is 16.3 Å². The average molecular weight is 245 g/mol. The molecule has 1 unspecified atom stereocenters. The van der Waals surface area contributed by atoms with Crippen LogP contribution in [0, 0.1) is 0 Å². The van der Waals surface area contributed by atoms with Crippen molar-refractivity contribution in [3.8, 4) is 0 Å². The summed E-state index contributed by atoms with van der Waals surface area (Å²) in [7, 11) is 0. The number of rotatable bonds is 4. The largest absolute Gasteiger partial charge is 0.388 e. The highest BCUT2D eigenvalue weighted by Crippen LogP contribution is 2.27. The molecule has 0 saturated carbocycles. The van der Waals surface area contributed by atoms with Gasteiger partial charge in [-0.3, -0.25) is 4.98 Å². The van der Waals surface area contributed by atoms with Gasteiger partial charge in [-0.1, -0.05) is 18.2 Å². The molecule has 2 rings (SSSR count). The summed E-state index contributed by atoms with van der Waals surface area (Å²) in [6.45, 7) is 0. The van der Waals surface area contributed by atoms with Crippen molar-refractivity contribution < 1.29 is 5.11 Å². The number of aliphatic hydroxyl groups is 1. The molecule has 0 fully saturated rings. The number of nitrogens with zero attached hydrogens (tertiary/aromatic N) is 1. The predicted octanol–water partition coefficient (Wildman–Crippen LogP) is 3.08. The van der Waals surface area contributed by atoms with Gasteiger partial charge < -0.3 is 5.11 Å². The third-order valence-corrected chi connectivity index (χ3v) is 3.49. The number of aromatic nitrogens is 1. The second-order valence-corrected chi connectivity index (χ2v) is 4.67. The molecule has 3 heteroatoms. The molecule has 2 nitrogen and oxygen atoms in total. The van der Waals surface area contributed by atoms with E-state index in [1.165, 1.54) is 0 Å². The smallest absolute Gasteiger partial charge is 0.0841 e. The van der Waals surface area contributed by atoms with Gasteiger partial charge in [-0.2, -0.15) is 0 Å². The van der Waals surface area contributed by atoms with Crippen molar-refractivity contribution in [2.24, 2.45) is 0 Å². The molecule has 0 radical (unpaired) electrons. The third kappa shape index (κ3) is 3.08. The second kappa shape index (κ2) is 5.84. The van der Waals surface area contributed by atoms with Crippen LogP contribution in [-0.2, 0) is 6.42 Å². The Hall–Kier alpha value is -1.32. The number of aliphatic hydroxyl groups excluding tert-OH is 1. The Balaban J connectivity index is 2.17. The van der Waals surface area contributed by atoms with Crippen LogP contribution in [0.15, 0.2) is 53.7 Å². The fourth-order valence-electron chi connectivity index (χ4n) is 1.79. The van der Waals surface area contributed by atoms with Crippen LogP contribution in [0.25, 0.3) is 0 Å². The van der Waals surface area contributed by atoms with E-state index in [9.17, 15) is 5.11 Å². The number of thioether (sulfide) groups is 1. The normalized spacial score (nSPS) is 12.4.